The van der Waals surface area contributed by atoms with E-state index < -0.39 is 0 Å². The van der Waals surface area contributed by atoms with E-state index in [0.29, 0.717) is 41.2 Å². The number of fused-ring (bicyclic) bond motifs is 5. The maximum absolute atomic E-state index is 12.7. The van der Waals surface area contributed by atoms with E-state index in [4.69, 9.17) is 4.74 Å². The normalized spacial score (nSPS) is 51.1. The highest BCUT2D eigenvalue weighted by atomic mass is 16.5. The zero-order chi connectivity index (χ0) is 21.1. The molecule has 5 rings (SSSR count). The molecule has 0 saturated heterocycles. The molecule has 5 aliphatic rings. The van der Waals surface area contributed by atoms with Gasteiger partial charge in [0.2, 0.25) is 0 Å². The Labute approximate surface area is 182 Å². The molecule has 170 valence electrons. The summed E-state index contributed by atoms with van der Waals surface area (Å²) in [7, 11) is 1.57. The van der Waals surface area contributed by atoms with Crippen LogP contribution in [0.1, 0.15) is 90.9 Å². The molecule has 30 heavy (non-hydrogen) atoms. The molecule has 5 aliphatic carbocycles. The standard InChI is InChI=1S/C26H43NO3/c1-25-13-12-18(28)14-16(25)8-9-19-20-10-11-21(24(29)30-3)26(20,2)15-22(23(19)25)27-17-6-4-5-7-17/h16-23,27-28H,4-15H2,1-3H3/t16-,18-,19-,20-,21+,22+,23+,25-,26-/m0/s1. The molecule has 0 aromatic carbocycles. The van der Waals surface area contributed by atoms with E-state index in [1.165, 1.54) is 51.4 Å². The van der Waals surface area contributed by atoms with Gasteiger partial charge in [0.25, 0.3) is 0 Å². The van der Waals surface area contributed by atoms with Crippen molar-refractivity contribution >= 4 is 5.97 Å². The van der Waals surface area contributed by atoms with Gasteiger partial charge in [-0.1, -0.05) is 26.7 Å². The summed E-state index contributed by atoms with van der Waals surface area (Å²) < 4.78 is 5.28. The summed E-state index contributed by atoms with van der Waals surface area (Å²) in [6.45, 7) is 4.99. The Morgan fingerprint density at radius 2 is 1.77 bits per heavy atom. The number of hydrogen-bond acceptors (Lipinski definition) is 4. The van der Waals surface area contributed by atoms with Crippen molar-refractivity contribution in [2.75, 3.05) is 7.11 Å². The number of ether oxygens (including phenoxy) is 1. The number of carbonyl (C=O) groups is 1. The number of methoxy groups -OCH3 is 1. The van der Waals surface area contributed by atoms with E-state index >= 15 is 0 Å². The lowest BCUT2D eigenvalue weighted by Crippen LogP contribution is -2.63. The highest BCUT2D eigenvalue weighted by molar-refractivity contribution is 5.74. The van der Waals surface area contributed by atoms with Crippen LogP contribution in [0.2, 0.25) is 0 Å². The van der Waals surface area contributed by atoms with Crippen molar-refractivity contribution in [3.63, 3.8) is 0 Å². The fourth-order valence-electron chi connectivity index (χ4n) is 9.50. The first-order valence-corrected chi connectivity index (χ1v) is 12.9. The van der Waals surface area contributed by atoms with Gasteiger partial charge in [-0.05, 0) is 98.7 Å². The Balaban J connectivity index is 1.49. The lowest BCUT2D eigenvalue weighted by atomic mass is 9.43. The number of carbonyl (C=O) groups excluding carboxylic acids is 1. The SMILES string of the molecule is COC(=O)[C@H]1CC[C@H]2[C@@H]3CC[C@H]4C[C@@H](O)CC[C@]4(C)[C@H]3[C@H](NC3CCCC3)C[C@]12C. The molecule has 0 unspecified atom stereocenters. The Kier molecular flexibility index (Phi) is 5.50. The summed E-state index contributed by atoms with van der Waals surface area (Å²) in [6.07, 6.45) is 14.3. The zero-order valence-electron chi connectivity index (χ0n) is 19.4. The summed E-state index contributed by atoms with van der Waals surface area (Å²) in [4.78, 5) is 12.7. The van der Waals surface area contributed by atoms with E-state index in [1.807, 2.05) is 0 Å². The van der Waals surface area contributed by atoms with Crippen molar-refractivity contribution in [1.29, 1.82) is 0 Å². The zero-order valence-corrected chi connectivity index (χ0v) is 19.4. The van der Waals surface area contributed by atoms with Gasteiger partial charge in [-0.3, -0.25) is 4.79 Å². The highest BCUT2D eigenvalue weighted by Gasteiger charge is 2.64. The van der Waals surface area contributed by atoms with Crippen LogP contribution in [0.3, 0.4) is 0 Å². The molecule has 2 N–H and O–H groups in total. The number of aliphatic hydroxyl groups excluding tert-OH is 1. The van der Waals surface area contributed by atoms with E-state index in [1.54, 1.807) is 7.11 Å². The molecule has 4 heteroatoms. The van der Waals surface area contributed by atoms with Gasteiger partial charge >= 0.3 is 5.97 Å². The molecule has 0 spiro atoms. The van der Waals surface area contributed by atoms with Crippen molar-refractivity contribution in [1.82, 2.24) is 5.32 Å². The van der Waals surface area contributed by atoms with Crippen LogP contribution in [0.25, 0.3) is 0 Å². The number of hydrogen-bond donors (Lipinski definition) is 2. The van der Waals surface area contributed by atoms with Crippen LogP contribution in [0, 0.1) is 40.4 Å². The lowest BCUT2D eigenvalue weighted by molar-refractivity contribution is -0.162. The van der Waals surface area contributed by atoms with Crippen LogP contribution in [-0.4, -0.2) is 36.4 Å². The van der Waals surface area contributed by atoms with Gasteiger partial charge in [0, 0.05) is 12.1 Å². The van der Waals surface area contributed by atoms with E-state index in [0.717, 1.165) is 25.7 Å². The molecule has 4 nitrogen and oxygen atoms in total. The van der Waals surface area contributed by atoms with Crippen molar-refractivity contribution in [3.8, 4) is 0 Å². The van der Waals surface area contributed by atoms with Gasteiger partial charge in [0.1, 0.15) is 0 Å². The lowest BCUT2D eigenvalue weighted by Gasteiger charge is -2.63. The average molecular weight is 418 g/mol. The fraction of sp³-hybridized carbons (Fsp3) is 0.962. The maximum Gasteiger partial charge on any atom is 0.309 e. The Morgan fingerprint density at radius 1 is 1.00 bits per heavy atom. The number of rotatable bonds is 3. The second kappa shape index (κ2) is 7.76. The van der Waals surface area contributed by atoms with Gasteiger partial charge < -0.3 is 15.2 Å². The molecule has 0 bridgehead atoms. The molecule has 0 aliphatic heterocycles. The van der Waals surface area contributed by atoms with E-state index in [2.05, 4.69) is 19.2 Å². The third-order valence-corrected chi connectivity index (χ3v) is 10.9. The summed E-state index contributed by atoms with van der Waals surface area (Å²) >= 11 is 0. The number of nitrogens with one attached hydrogen (secondary N) is 1. The van der Waals surface area contributed by atoms with Crippen molar-refractivity contribution < 1.29 is 14.6 Å². The van der Waals surface area contributed by atoms with Gasteiger partial charge in [-0.25, -0.2) is 0 Å². The number of aliphatic hydroxyl groups is 1. The monoisotopic (exact) mass is 417 g/mol. The van der Waals surface area contributed by atoms with Crippen LogP contribution in [0.4, 0.5) is 0 Å². The van der Waals surface area contributed by atoms with Crippen LogP contribution in [0.15, 0.2) is 0 Å². The van der Waals surface area contributed by atoms with E-state index in [9.17, 15) is 9.90 Å². The molecule has 0 aromatic rings. The molecular formula is C26H43NO3. The second-order valence-electron chi connectivity index (χ2n) is 12.1. The first kappa shape index (κ1) is 21.2. The molecule has 0 amide bonds. The van der Waals surface area contributed by atoms with E-state index in [-0.39, 0.29) is 23.4 Å². The minimum atomic E-state index is -0.0927. The van der Waals surface area contributed by atoms with Crippen LogP contribution in [0.5, 0.6) is 0 Å². The molecule has 9 atom stereocenters. The van der Waals surface area contributed by atoms with Crippen LogP contribution >= 0.6 is 0 Å². The quantitative estimate of drug-likeness (QED) is 0.654. The van der Waals surface area contributed by atoms with Gasteiger partial charge in [-0.15, -0.1) is 0 Å². The molecule has 0 radical (unpaired) electrons. The van der Waals surface area contributed by atoms with Gasteiger partial charge in [0.15, 0.2) is 0 Å². The Hall–Kier alpha value is -0.610. The van der Waals surface area contributed by atoms with Crippen molar-refractivity contribution in [3.05, 3.63) is 0 Å². The average Bonchev–Trinajstić information content (AvgIpc) is 3.34. The van der Waals surface area contributed by atoms with Crippen LogP contribution < -0.4 is 5.32 Å². The largest absolute Gasteiger partial charge is 0.469 e. The van der Waals surface area contributed by atoms with Crippen molar-refractivity contribution in [2.24, 2.45) is 40.4 Å². The molecule has 0 aromatic heterocycles. The first-order valence-electron chi connectivity index (χ1n) is 12.9. The third kappa shape index (κ3) is 3.18. The third-order valence-electron chi connectivity index (χ3n) is 10.9. The Morgan fingerprint density at radius 3 is 2.50 bits per heavy atom. The Bertz CT molecular complexity index is 661. The fourth-order valence-corrected chi connectivity index (χ4v) is 9.50. The van der Waals surface area contributed by atoms with Gasteiger partial charge in [-0.2, -0.15) is 0 Å². The highest BCUT2D eigenvalue weighted by Crippen LogP contribution is 2.67. The molecule has 0 heterocycles. The summed E-state index contributed by atoms with van der Waals surface area (Å²) in [5, 5.41) is 14.6. The molecule has 5 saturated carbocycles. The van der Waals surface area contributed by atoms with Crippen molar-refractivity contribution in [2.45, 2.75) is 109 Å². The predicted molar refractivity (Wildman–Crippen MR) is 118 cm³/mol. The smallest absolute Gasteiger partial charge is 0.309 e. The van der Waals surface area contributed by atoms with Crippen LogP contribution in [-0.2, 0) is 9.53 Å². The second-order valence-corrected chi connectivity index (χ2v) is 12.1. The summed E-state index contributed by atoms with van der Waals surface area (Å²) in [5.74, 6) is 2.82. The van der Waals surface area contributed by atoms with Gasteiger partial charge in [0.05, 0.1) is 19.1 Å². The predicted octanol–water partition coefficient (Wildman–Crippen LogP) is 4.69. The molecular weight excluding hydrogens is 374 g/mol. The summed E-state index contributed by atoms with van der Waals surface area (Å²) in [6, 6.07) is 1.17. The first-order chi connectivity index (χ1) is 14.4. The summed E-state index contributed by atoms with van der Waals surface area (Å²) in [5.41, 5.74) is 0.408. The number of esters is 1. The molecule has 5 fully saturated rings. The minimum Gasteiger partial charge on any atom is -0.469 e. The minimum absolute atomic E-state index is 0.0266. The maximum atomic E-state index is 12.7. The topological polar surface area (TPSA) is 58.6 Å².